The van der Waals surface area contributed by atoms with Crippen molar-refractivity contribution in [3.8, 4) is 67.9 Å². The lowest BCUT2D eigenvalue weighted by Gasteiger charge is -2.17. The molecule has 0 spiro atoms. The van der Waals surface area contributed by atoms with Crippen LogP contribution >= 0.6 is 0 Å². The van der Waals surface area contributed by atoms with Crippen molar-refractivity contribution in [2.24, 2.45) is 0 Å². The van der Waals surface area contributed by atoms with E-state index in [-0.39, 0.29) is 0 Å². The fraction of sp³-hybridized carbons (Fsp3) is 0.0732. The van der Waals surface area contributed by atoms with Gasteiger partial charge in [-0.15, -0.1) is 0 Å². The van der Waals surface area contributed by atoms with Gasteiger partial charge in [0.15, 0.2) is 11.3 Å². The zero-order valence-electron chi connectivity index (χ0n) is 31.6. The van der Waals surface area contributed by atoms with E-state index in [4.69, 9.17) is 14.6 Å². The summed E-state index contributed by atoms with van der Waals surface area (Å²) in [6.45, 7) is 1.96. The first-order chi connectivity index (χ1) is 29.1. The summed E-state index contributed by atoms with van der Waals surface area (Å²) in [6.07, 6.45) is 9.76. The Morgan fingerprint density at radius 3 is 2.00 bits per heavy atom. The Kier molecular flexibility index (Phi) is 8.59. The van der Waals surface area contributed by atoms with Gasteiger partial charge in [0, 0.05) is 29.7 Å². The lowest BCUT2D eigenvalue weighted by molar-refractivity contribution is 0.417. The number of ether oxygens (including phenoxy) is 2. The number of nitrogens with one attached hydrogen (secondary N) is 6. The number of aromatic amines is 4. The van der Waals surface area contributed by atoms with Gasteiger partial charge in [0.2, 0.25) is 0 Å². The number of methoxy groups -OCH3 is 2. The molecule has 0 unspecified atom stereocenters. The predicted molar refractivity (Wildman–Crippen MR) is 221 cm³/mol. The Morgan fingerprint density at radius 2 is 1.31 bits per heavy atom. The molecule has 0 atom stereocenters. The minimum absolute atomic E-state index is 0.502. The summed E-state index contributed by atoms with van der Waals surface area (Å²) < 4.78 is 11.7. The van der Waals surface area contributed by atoms with Crippen molar-refractivity contribution in [3.63, 3.8) is 0 Å². The van der Waals surface area contributed by atoms with Crippen LogP contribution in [0.15, 0.2) is 104 Å². The van der Waals surface area contributed by atoms with E-state index in [1.165, 1.54) is 12.7 Å². The van der Waals surface area contributed by atoms with Crippen LogP contribution in [-0.4, -0.2) is 84.9 Å². The molecule has 59 heavy (non-hydrogen) atoms. The number of aromatic nitrogens is 14. The van der Waals surface area contributed by atoms with Crippen molar-refractivity contribution < 1.29 is 9.47 Å². The Hall–Kier alpha value is -8.54. The van der Waals surface area contributed by atoms with Gasteiger partial charge in [-0.05, 0) is 60.0 Å². The molecule has 0 bridgehead atoms. The molecule has 18 nitrogen and oxygen atoms in total. The molecule has 10 aromatic rings. The van der Waals surface area contributed by atoms with Crippen LogP contribution in [0.25, 0.3) is 78.5 Å². The lowest BCUT2D eigenvalue weighted by Crippen LogP contribution is -2.00. The van der Waals surface area contributed by atoms with E-state index < -0.39 is 0 Å². The van der Waals surface area contributed by atoms with E-state index in [0.717, 1.165) is 33.5 Å². The minimum Gasteiger partial charge on any atom is -0.495 e. The maximum atomic E-state index is 6.01. The van der Waals surface area contributed by atoms with Gasteiger partial charge in [-0.3, -0.25) is 30.4 Å². The molecule has 0 saturated heterocycles. The number of fused-ring (bicyclic) bond motifs is 2. The summed E-state index contributed by atoms with van der Waals surface area (Å²) in [4.78, 5) is 26.8. The second-order valence-electron chi connectivity index (χ2n) is 13.3. The number of anilines is 4. The van der Waals surface area contributed by atoms with Crippen molar-refractivity contribution in [3.05, 3.63) is 110 Å². The highest BCUT2D eigenvalue weighted by atomic mass is 16.5. The maximum Gasteiger partial charge on any atom is 0.161 e. The van der Waals surface area contributed by atoms with Gasteiger partial charge in [-0.1, -0.05) is 30.3 Å². The first-order valence-electron chi connectivity index (χ1n) is 18.3. The van der Waals surface area contributed by atoms with Crippen molar-refractivity contribution in [2.45, 2.75) is 6.92 Å². The molecule has 18 heteroatoms. The third kappa shape index (κ3) is 6.25. The molecular weight excluding hydrogens is 749 g/mol. The van der Waals surface area contributed by atoms with Crippen LogP contribution in [0, 0.1) is 6.92 Å². The number of hydrogen-bond acceptors (Lipinski definition) is 14. The molecule has 0 fully saturated rings. The van der Waals surface area contributed by atoms with Crippen LogP contribution in [0.4, 0.5) is 23.0 Å². The molecule has 0 saturated carbocycles. The first kappa shape index (κ1) is 34.9. The van der Waals surface area contributed by atoms with Gasteiger partial charge in [-0.25, -0.2) is 19.9 Å². The van der Waals surface area contributed by atoms with Gasteiger partial charge >= 0.3 is 0 Å². The van der Waals surface area contributed by atoms with E-state index in [1.54, 1.807) is 32.8 Å². The van der Waals surface area contributed by atoms with Crippen molar-refractivity contribution in [2.75, 3.05) is 24.9 Å². The van der Waals surface area contributed by atoms with Crippen LogP contribution in [0.2, 0.25) is 0 Å². The first-order valence-corrected chi connectivity index (χ1v) is 18.3. The van der Waals surface area contributed by atoms with Gasteiger partial charge in [0.05, 0.1) is 54.0 Å². The van der Waals surface area contributed by atoms with Crippen LogP contribution < -0.4 is 20.1 Å². The topological polar surface area (TPSA) is 235 Å². The molecule has 7 heterocycles. The predicted octanol–water partition coefficient (Wildman–Crippen LogP) is 7.40. The highest BCUT2D eigenvalue weighted by Crippen LogP contribution is 2.43. The van der Waals surface area contributed by atoms with Crippen molar-refractivity contribution in [1.29, 1.82) is 0 Å². The second kappa shape index (κ2) is 14.5. The molecular formula is C41H32N16O2. The lowest BCUT2D eigenvalue weighted by atomic mass is 9.96. The monoisotopic (exact) mass is 780 g/mol. The largest absolute Gasteiger partial charge is 0.495 e. The summed E-state index contributed by atoms with van der Waals surface area (Å²) in [5.74, 6) is 2.21. The van der Waals surface area contributed by atoms with Gasteiger partial charge in [-0.2, -0.15) is 20.4 Å². The molecule has 7 aromatic heterocycles. The third-order valence-electron chi connectivity index (χ3n) is 9.87. The highest BCUT2D eigenvalue weighted by Gasteiger charge is 2.23. The van der Waals surface area contributed by atoms with Crippen LogP contribution in [0.3, 0.4) is 0 Å². The molecule has 0 aliphatic carbocycles. The van der Waals surface area contributed by atoms with Crippen molar-refractivity contribution in [1.82, 2.24) is 70.7 Å². The Morgan fingerprint density at radius 1 is 0.576 bits per heavy atom. The summed E-state index contributed by atoms with van der Waals surface area (Å²) >= 11 is 0. The standard InChI is InChI=1S/C41H32N16O2/c1-21-17-48-53-35(21)37-34-39(45-20-47-41(34)57-55-37)50-28-14-24(22-7-5-4-6-8-22)25(15-32(28)59-3)26-16-29(52-51-26)36-33-38(44-19-46-40(33)56-54-36)49-27-13-23(9-10-31(27)58-2)30-18-42-11-12-43-30/h4-20H,1-3H3,(H,48,53)(H,51,52)(H2,44,46,49,54,56)(H2,45,47,50,55,57). The van der Waals surface area contributed by atoms with Crippen molar-refractivity contribution >= 4 is 45.1 Å². The Balaban J connectivity index is 1.05. The van der Waals surface area contributed by atoms with Gasteiger partial charge in [0.25, 0.3) is 0 Å². The average Bonchev–Trinajstić information content (AvgIpc) is 4.11. The zero-order valence-corrected chi connectivity index (χ0v) is 31.6. The van der Waals surface area contributed by atoms with E-state index >= 15 is 0 Å². The van der Waals surface area contributed by atoms with E-state index in [9.17, 15) is 0 Å². The average molecular weight is 781 g/mol. The molecule has 0 aliphatic rings. The second-order valence-corrected chi connectivity index (χ2v) is 13.3. The molecule has 3 aromatic carbocycles. The number of aryl methyl sites for hydroxylation is 1. The number of H-pyrrole nitrogens is 4. The number of nitrogens with zero attached hydrogens (tertiary/aromatic N) is 10. The Bertz CT molecular complexity index is 3120. The number of hydrogen-bond donors (Lipinski definition) is 6. The molecule has 0 aliphatic heterocycles. The normalized spacial score (nSPS) is 11.3. The number of benzene rings is 3. The molecule has 0 amide bonds. The fourth-order valence-corrected chi connectivity index (χ4v) is 7.03. The summed E-state index contributed by atoms with van der Waals surface area (Å²) in [6, 6.07) is 21.7. The summed E-state index contributed by atoms with van der Waals surface area (Å²) in [5.41, 5.74) is 10.8. The van der Waals surface area contributed by atoms with Crippen LogP contribution in [-0.2, 0) is 0 Å². The van der Waals surface area contributed by atoms with Crippen LogP contribution in [0.1, 0.15) is 5.56 Å². The smallest absolute Gasteiger partial charge is 0.161 e. The van der Waals surface area contributed by atoms with E-state index in [0.29, 0.717) is 85.0 Å². The number of rotatable bonds is 11. The zero-order chi connectivity index (χ0) is 39.9. The highest BCUT2D eigenvalue weighted by molar-refractivity contribution is 6.02. The summed E-state index contributed by atoms with van der Waals surface area (Å²) in [7, 11) is 3.24. The van der Waals surface area contributed by atoms with Gasteiger partial charge < -0.3 is 20.1 Å². The molecule has 0 radical (unpaired) electrons. The van der Waals surface area contributed by atoms with Crippen LogP contribution in [0.5, 0.6) is 11.5 Å². The molecule has 6 N–H and O–H groups in total. The Labute approximate surface area is 334 Å². The SMILES string of the molecule is COc1ccc(-c2cnccn2)cc1Nc1ncnc2[nH]nc(-c3cc(-c4cc(OC)c(Nc5ncnc6[nH]nc(-c7n[nH]cc7C)c56)cc4-c4ccccc4)[nH]n3)c12. The van der Waals surface area contributed by atoms with E-state index in [1.807, 2.05) is 79.9 Å². The van der Waals surface area contributed by atoms with Gasteiger partial charge in [0.1, 0.15) is 58.6 Å². The molecule has 10 rings (SSSR count). The fourth-order valence-electron chi connectivity index (χ4n) is 7.03. The minimum atomic E-state index is 0.502. The van der Waals surface area contributed by atoms with E-state index in [2.05, 4.69) is 76.2 Å². The summed E-state index contributed by atoms with van der Waals surface area (Å²) in [5, 5.41) is 38.8. The maximum absolute atomic E-state index is 6.01. The molecule has 288 valence electrons. The quantitative estimate of drug-likeness (QED) is 0.0750. The third-order valence-corrected chi connectivity index (χ3v) is 9.87.